The fourth-order valence-electron chi connectivity index (χ4n) is 1.79. The third-order valence-corrected chi connectivity index (χ3v) is 3.01. The normalized spacial score (nSPS) is 11.8. The topological polar surface area (TPSA) is 59.6 Å². The van der Waals surface area contributed by atoms with Crippen LogP contribution in [0.3, 0.4) is 0 Å². The number of hydrogen-bond acceptors (Lipinski definition) is 4. The van der Waals surface area contributed by atoms with Crippen molar-refractivity contribution in [3.05, 3.63) is 23.8 Å². The number of hydrogen-bond donors (Lipinski definition) is 2. The molecule has 0 aromatic heterocycles. The molecule has 0 aliphatic rings. The van der Waals surface area contributed by atoms with E-state index >= 15 is 0 Å². The number of benzene rings is 1. The number of ether oxygens (including phenoxy) is 2. The van der Waals surface area contributed by atoms with Gasteiger partial charge in [0.05, 0.1) is 20.3 Å². The van der Waals surface area contributed by atoms with Gasteiger partial charge in [0.1, 0.15) is 0 Å². The Bertz CT molecular complexity index is 435. The van der Waals surface area contributed by atoms with Crippen molar-refractivity contribution in [3.63, 3.8) is 0 Å². The number of rotatable bonds is 8. The van der Waals surface area contributed by atoms with Gasteiger partial charge < -0.3 is 20.1 Å². The number of carbonyl (C=O) groups excluding carboxylic acids is 1. The minimum absolute atomic E-state index is 0.00626. The summed E-state index contributed by atoms with van der Waals surface area (Å²) in [5.74, 6) is 1.34. The molecule has 0 fully saturated rings. The van der Waals surface area contributed by atoms with Crippen molar-refractivity contribution in [2.75, 3.05) is 20.8 Å². The van der Waals surface area contributed by atoms with Crippen LogP contribution in [0.15, 0.2) is 18.2 Å². The first-order valence-corrected chi connectivity index (χ1v) is 6.84. The molecule has 0 heterocycles. The van der Waals surface area contributed by atoms with Crippen LogP contribution in [0.2, 0.25) is 0 Å². The Balaban J connectivity index is 2.55. The molecule has 1 amide bonds. The third-order valence-electron chi connectivity index (χ3n) is 3.01. The van der Waals surface area contributed by atoms with Crippen LogP contribution in [0.25, 0.3) is 0 Å². The molecule has 112 valence electrons. The van der Waals surface area contributed by atoms with E-state index in [9.17, 15) is 4.79 Å². The van der Waals surface area contributed by atoms with Gasteiger partial charge in [-0.1, -0.05) is 13.0 Å². The van der Waals surface area contributed by atoms with E-state index in [0.29, 0.717) is 18.0 Å². The summed E-state index contributed by atoms with van der Waals surface area (Å²) >= 11 is 0. The molecule has 0 aliphatic carbocycles. The first kappa shape index (κ1) is 16.3. The highest BCUT2D eigenvalue weighted by Crippen LogP contribution is 2.27. The molecule has 0 saturated carbocycles. The van der Waals surface area contributed by atoms with Gasteiger partial charge in [-0.05, 0) is 37.6 Å². The molecule has 20 heavy (non-hydrogen) atoms. The largest absolute Gasteiger partial charge is 0.493 e. The van der Waals surface area contributed by atoms with Crippen LogP contribution in [0.4, 0.5) is 0 Å². The van der Waals surface area contributed by atoms with E-state index in [-0.39, 0.29) is 11.9 Å². The fourth-order valence-corrected chi connectivity index (χ4v) is 1.79. The van der Waals surface area contributed by atoms with Crippen molar-refractivity contribution >= 4 is 5.91 Å². The summed E-state index contributed by atoms with van der Waals surface area (Å²) in [6.07, 6.45) is 1.01. The number of methoxy groups -OCH3 is 2. The monoisotopic (exact) mass is 280 g/mol. The summed E-state index contributed by atoms with van der Waals surface area (Å²) < 4.78 is 10.4. The maximum atomic E-state index is 11.9. The lowest BCUT2D eigenvalue weighted by Crippen LogP contribution is -2.42. The van der Waals surface area contributed by atoms with E-state index < -0.39 is 0 Å². The molecular weight excluding hydrogens is 256 g/mol. The lowest BCUT2D eigenvalue weighted by atomic mass is 10.2. The fraction of sp³-hybridized carbons (Fsp3) is 0.533. The predicted molar refractivity (Wildman–Crippen MR) is 79.1 cm³/mol. The van der Waals surface area contributed by atoms with E-state index in [0.717, 1.165) is 18.5 Å². The predicted octanol–water partition coefficient (Wildman–Crippen LogP) is 1.71. The highest BCUT2D eigenvalue weighted by Gasteiger charge is 2.11. The maximum Gasteiger partial charge on any atom is 0.237 e. The standard InChI is InChI=1S/C15H24N2O3/c1-5-8-16-11(2)15(18)17-10-12-6-7-13(19-3)14(9-12)20-4/h6-7,9,11,16H,5,8,10H2,1-4H3,(H,17,18). The molecule has 1 rings (SSSR count). The second-order valence-electron chi connectivity index (χ2n) is 4.58. The van der Waals surface area contributed by atoms with Crippen LogP contribution in [0, 0.1) is 0 Å². The summed E-state index contributed by atoms with van der Waals surface area (Å²) in [6, 6.07) is 5.42. The van der Waals surface area contributed by atoms with Crippen molar-refractivity contribution in [2.45, 2.75) is 32.9 Å². The Hall–Kier alpha value is -1.75. The average Bonchev–Trinajstić information content (AvgIpc) is 2.49. The summed E-state index contributed by atoms with van der Waals surface area (Å²) in [5.41, 5.74) is 0.971. The summed E-state index contributed by atoms with van der Waals surface area (Å²) in [7, 11) is 3.19. The van der Waals surface area contributed by atoms with Gasteiger partial charge in [0.2, 0.25) is 5.91 Å². The minimum atomic E-state index is -0.185. The van der Waals surface area contributed by atoms with Crippen LogP contribution in [-0.2, 0) is 11.3 Å². The Morgan fingerprint density at radius 2 is 1.95 bits per heavy atom. The van der Waals surface area contributed by atoms with Gasteiger partial charge in [-0.3, -0.25) is 4.79 Å². The molecule has 0 saturated heterocycles. The lowest BCUT2D eigenvalue weighted by molar-refractivity contribution is -0.122. The molecule has 0 bridgehead atoms. The van der Waals surface area contributed by atoms with Crippen LogP contribution in [0.5, 0.6) is 11.5 Å². The second-order valence-corrected chi connectivity index (χ2v) is 4.58. The second kappa shape index (κ2) is 8.43. The first-order valence-electron chi connectivity index (χ1n) is 6.84. The minimum Gasteiger partial charge on any atom is -0.493 e. The van der Waals surface area contributed by atoms with E-state index in [1.807, 2.05) is 25.1 Å². The van der Waals surface area contributed by atoms with Gasteiger partial charge in [-0.2, -0.15) is 0 Å². The molecule has 5 heteroatoms. The molecule has 1 unspecified atom stereocenters. The van der Waals surface area contributed by atoms with Crippen molar-refractivity contribution in [1.82, 2.24) is 10.6 Å². The zero-order valence-corrected chi connectivity index (χ0v) is 12.7. The molecule has 5 nitrogen and oxygen atoms in total. The van der Waals surface area contributed by atoms with Crippen LogP contribution in [-0.4, -0.2) is 32.7 Å². The highest BCUT2D eigenvalue weighted by atomic mass is 16.5. The van der Waals surface area contributed by atoms with Gasteiger partial charge in [0.25, 0.3) is 0 Å². The van der Waals surface area contributed by atoms with Gasteiger partial charge in [-0.15, -0.1) is 0 Å². The smallest absolute Gasteiger partial charge is 0.237 e. The molecule has 1 aromatic rings. The van der Waals surface area contributed by atoms with E-state index in [1.165, 1.54) is 0 Å². The zero-order valence-electron chi connectivity index (χ0n) is 12.7. The molecule has 0 aliphatic heterocycles. The SMILES string of the molecule is CCCNC(C)C(=O)NCc1ccc(OC)c(OC)c1. The van der Waals surface area contributed by atoms with Crippen LogP contribution in [0.1, 0.15) is 25.8 Å². The quantitative estimate of drug-likeness (QED) is 0.761. The molecule has 0 spiro atoms. The van der Waals surface area contributed by atoms with Crippen LogP contribution < -0.4 is 20.1 Å². The summed E-state index contributed by atoms with van der Waals surface area (Å²) in [5, 5.41) is 6.05. The van der Waals surface area contributed by atoms with E-state index in [1.54, 1.807) is 14.2 Å². The Morgan fingerprint density at radius 3 is 2.55 bits per heavy atom. The molecular formula is C15H24N2O3. The summed E-state index contributed by atoms with van der Waals surface area (Å²) in [6.45, 7) is 5.24. The Labute approximate surface area is 120 Å². The number of carbonyl (C=O) groups is 1. The molecule has 2 N–H and O–H groups in total. The zero-order chi connectivity index (χ0) is 15.0. The molecule has 1 aromatic carbocycles. The highest BCUT2D eigenvalue weighted by molar-refractivity contribution is 5.81. The maximum absolute atomic E-state index is 11.9. The average molecular weight is 280 g/mol. The van der Waals surface area contributed by atoms with Crippen molar-refractivity contribution in [2.24, 2.45) is 0 Å². The number of amides is 1. The Kier molecular flexibility index (Phi) is 6.87. The third kappa shape index (κ3) is 4.74. The van der Waals surface area contributed by atoms with Crippen molar-refractivity contribution in [1.29, 1.82) is 0 Å². The molecule has 1 atom stereocenters. The van der Waals surface area contributed by atoms with E-state index in [2.05, 4.69) is 17.6 Å². The van der Waals surface area contributed by atoms with Crippen molar-refractivity contribution < 1.29 is 14.3 Å². The van der Waals surface area contributed by atoms with Crippen molar-refractivity contribution in [3.8, 4) is 11.5 Å². The number of nitrogens with one attached hydrogen (secondary N) is 2. The van der Waals surface area contributed by atoms with E-state index in [4.69, 9.17) is 9.47 Å². The lowest BCUT2D eigenvalue weighted by Gasteiger charge is -2.14. The van der Waals surface area contributed by atoms with Gasteiger partial charge in [0.15, 0.2) is 11.5 Å². The van der Waals surface area contributed by atoms with Crippen LogP contribution >= 0.6 is 0 Å². The van der Waals surface area contributed by atoms with Gasteiger partial charge in [0, 0.05) is 6.54 Å². The Morgan fingerprint density at radius 1 is 1.25 bits per heavy atom. The van der Waals surface area contributed by atoms with Gasteiger partial charge in [-0.25, -0.2) is 0 Å². The summed E-state index contributed by atoms with van der Waals surface area (Å²) in [4.78, 5) is 11.9. The first-order chi connectivity index (χ1) is 9.62. The molecule has 0 radical (unpaired) electrons. The van der Waals surface area contributed by atoms with Gasteiger partial charge >= 0.3 is 0 Å².